The Kier molecular flexibility index (Phi) is 6.75. The third-order valence-electron chi connectivity index (χ3n) is 4.04. The molecule has 168 valence electrons. The lowest BCUT2D eigenvalue weighted by Crippen LogP contribution is -2.05. The molecule has 0 saturated carbocycles. The van der Waals surface area contributed by atoms with Crippen molar-refractivity contribution in [1.82, 2.24) is 24.9 Å². The zero-order valence-electron chi connectivity index (χ0n) is 16.5. The number of anilines is 2. The molecule has 0 unspecified atom stereocenters. The fraction of sp³-hybridized carbons (Fsp3) is 0.111. The number of aromatic amines is 1. The van der Waals surface area contributed by atoms with Crippen molar-refractivity contribution in [2.75, 3.05) is 11.5 Å². The van der Waals surface area contributed by atoms with Crippen LogP contribution in [0.25, 0.3) is 11.0 Å². The second-order valence-corrected chi connectivity index (χ2v) is 9.34. The predicted molar refractivity (Wildman–Crippen MR) is 121 cm³/mol. The molecular weight excluding hydrogens is 504 g/mol. The number of halogens is 4. The van der Waals surface area contributed by atoms with E-state index >= 15 is 0 Å². The number of H-pyrrole nitrogens is 1. The smallest absolute Gasteiger partial charge is 0.212 e. The van der Waals surface area contributed by atoms with E-state index < -0.39 is 15.7 Å². The fourth-order valence-corrected chi connectivity index (χ4v) is 4.91. The Bertz CT molecular complexity index is 1420. The Morgan fingerprint density at radius 2 is 1.50 bits per heavy atom. The van der Waals surface area contributed by atoms with Gasteiger partial charge in [0.1, 0.15) is 44.9 Å². The van der Waals surface area contributed by atoms with Crippen molar-refractivity contribution in [3.8, 4) is 0 Å². The number of nitrogens with one attached hydrogen (secondary N) is 1. The largest absolute Gasteiger partial charge is 0.394 e. The number of benzene rings is 1. The molecule has 0 aliphatic rings. The summed E-state index contributed by atoms with van der Waals surface area (Å²) in [5.41, 5.74) is 11.7. The highest BCUT2D eigenvalue weighted by atomic mass is 35.5. The number of hydrogen-bond acceptors (Lipinski definition) is 8. The van der Waals surface area contributed by atoms with E-state index in [1.165, 1.54) is 12.1 Å². The SMILES string of the molecule is Cc1nc(Cl)c(N)c(Cl)n1.Cc1nc(Cl)c2[nH]c(N)c(S(=O)(=O)c3cccc(F)c3)c2n1. The Balaban J connectivity index is 0.000000243. The molecule has 0 atom stereocenters. The average molecular weight is 519 g/mol. The van der Waals surface area contributed by atoms with E-state index in [0.29, 0.717) is 11.6 Å². The van der Waals surface area contributed by atoms with Crippen molar-refractivity contribution < 1.29 is 12.8 Å². The Morgan fingerprint density at radius 1 is 0.938 bits per heavy atom. The van der Waals surface area contributed by atoms with E-state index in [2.05, 4.69) is 24.9 Å². The van der Waals surface area contributed by atoms with Gasteiger partial charge in [0.25, 0.3) is 0 Å². The summed E-state index contributed by atoms with van der Waals surface area (Å²) < 4.78 is 38.8. The molecule has 0 bridgehead atoms. The lowest BCUT2D eigenvalue weighted by Gasteiger charge is -2.04. The fourth-order valence-electron chi connectivity index (χ4n) is 2.67. The zero-order valence-corrected chi connectivity index (χ0v) is 19.6. The highest BCUT2D eigenvalue weighted by Gasteiger charge is 2.28. The molecule has 14 heteroatoms. The summed E-state index contributed by atoms with van der Waals surface area (Å²) >= 11 is 17.1. The maximum absolute atomic E-state index is 13.3. The van der Waals surface area contributed by atoms with Crippen molar-refractivity contribution in [3.63, 3.8) is 0 Å². The average Bonchev–Trinajstić information content (AvgIpc) is 3.03. The number of aryl methyl sites for hydroxylation is 2. The van der Waals surface area contributed by atoms with Gasteiger partial charge >= 0.3 is 0 Å². The lowest BCUT2D eigenvalue weighted by molar-refractivity contribution is 0.592. The molecule has 4 aromatic rings. The number of hydrogen-bond donors (Lipinski definition) is 3. The van der Waals surface area contributed by atoms with Gasteiger partial charge in [-0.3, -0.25) is 0 Å². The van der Waals surface area contributed by atoms with Gasteiger partial charge in [-0.25, -0.2) is 32.7 Å². The number of aromatic nitrogens is 5. The Labute approximate surface area is 196 Å². The molecular formula is C18H15Cl3FN7O2S. The van der Waals surface area contributed by atoms with Crippen LogP contribution in [0, 0.1) is 19.7 Å². The van der Waals surface area contributed by atoms with Gasteiger partial charge in [0, 0.05) is 0 Å². The van der Waals surface area contributed by atoms with Crippen molar-refractivity contribution in [3.05, 3.63) is 57.2 Å². The van der Waals surface area contributed by atoms with Crippen LogP contribution in [0.4, 0.5) is 15.9 Å². The molecule has 3 aromatic heterocycles. The Hall–Kier alpha value is -2.73. The van der Waals surface area contributed by atoms with Gasteiger partial charge in [0.05, 0.1) is 4.90 Å². The topological polar surface area (TPSA) is 154 Å². The molecule has 0 amide bonds. The minimum absolute atomic E-state index is 0.0647. The van der Waals surface area contributed by atoms with Crippen LogP contribution in [0.3, 0.4) is 0 Å². The normalized spacial score (nSPS) is 11.3. The molecule has 0 saturated heterocycles. The molecule has 0 aliphatic carbocycles. The van der Waals surface area contributed by atoms with Crippen LogP contribution >= 0.6 is 34.8 Å². The summed E-state index contributed by atoms with van der Waals surface area (Å²) in [6.45, 7) is 3.27. The van der Waals surface area contributed by atoms with Crippen molar-refractivity contribution in [2.45, 2.75) is 23.6 Å². The molecule has 5 N–H and O–H groups in total. The molecule has 0 spiro atoms. The van der Waals surface area contributed by atoms with Gasteiger partial charge in [0.2, 0.25) is 9.84 Å². The van der Waals surface area contributed by atoms with Crippen LogP contribution < -0.4 is 11.5 Å². The molecule has 0 aliphatic heterocycles. The monoisotopic (exact) mass is 517 g/mol. The third kappa shape index (κ3) is 4.70. The minimum Gasteiger partial charge on any atom is -0.394 e. The van der Waals surface area contributed by atoms with E-state index in [1.807, 2.05) is 0 Å². The van der Waals surface area contributed by atoms with E-state index in [1.54, 1.807) is 13.8 Å². The predicted octanol–water partition coefficient (Wildman–Crippen LogP) is 4.15. The minimum atomic E-state index is -4.05. The molecule has 4 rings (SSSR count). The van der Waals surface area contributed by atoms with Crippen LogP contribution in [0.5, 0.6) is 0 Å². The number of nitrogens with two attached hydrogens (primary N) is 2. The van der Waals surface area contributed by atoms with Crippen LogP contribution in [0.1, 0.15) is 11.6 Å². The number of rotatable bonds is 2. The number of nitrogens with zero attached hydrogens (tertiary/aromatic N) is 4. The van der Waals surface area contributed by atoms with Crippen molar-refractivity contribution in [2.24, 2.45) is 0 Å². The summed E-state index contributed by atoms with van der Waals surface area (Å²) in [4.78, 5) is 17.8. The summed E-state index contributed by atoms with van der Waals surface area (Å²) in [6.07, 6.45) is 0. The third-order valence-corrected chi connectivity index (χ3v) is 6.71. The van der Waals surface area contributed by atoms with E-state index in [4.69, 9.17) is 46.3 Å². The molecule has 0 fully saturated rings. The number of fused-ring (bicyclic) bond motifs is 1. The maximum Gasteiger partial charge on any atom is 0.212 e. The number of sulfone groups is 1. The van der Waals surface area contributed by atoms with Gasteiger partial charge in [-0.15, -0.1) is 0 Å². The van der Waals surface area contributed by atoms with Crippen molar-refractivity contribution in [1.29, 1.82) is 0 Å². The molecule has 1 aromatic carbocycles. The maximum atomic E-state index is 13.3. The second-order valence-electron chi connectivity index (χ2n) is 6.38. The van der Waals surface area contributed by atoms with E-state index in [0.717, 1.165) is 12.1 Å². The standard InChI is InChI=1S/C13H10ClFN4O2S.C5H5Cl2N3/c1-6-17-9-10(12(14)18-6)19-13(16)11(9)22(20,21)8-4-2-3-7(15)5-8;1-2-9-4(6)3(8)5(7)10-2/h2-5,19H,16H2,1H3;8H2,1H3. The van der Waals surface area contributed by atoms with E-state index in [9.17, 15) is 12.8 Å². The van der Waals surface area contributed by atoms with Crippen molar-refractivity contribution >= 4 is 67.2 Å². The first-order chi connectivity index (χ1) is 14.9. The molecule has 9 nitrogen and oxygen atoms in total. The Morgan fingerprint density at radius 3 is 2.09 bits per heavy atom. The summed E-state index contributed by atoms with van der Waals surface area (Å²) in [5.74, 6) is 0.0285. The highest BCUT2D eigenvalue weighted by molar-refractivity contribution is 7.92. The quantitative estimate of drug-likeness (QED) is 0.334. The first kappa shape index (κ1) is 23.9. The summed E-state index contributed by atoms with van der Waals surface area (Å²) in [7, 11) is -4.05. The van der Waals surface area contributed by atoms with Gasteiger partial charge < -0.3 is 16.5 Å². The van der Waals surface area contributed by atoms with Crippen LogP contribution in [0.15, 0.2) is 34.1 Å². The van der Waals surface area contributed by atoms with Gasteiger partial charge in [-0.2, -0.15) is 0 Å². The number of nitrogen functional groups attached to an aromatic ring is 2. The summed E-state index contributed by atoms with van der Waals surface area (Å²) in [5, 5.41) is 0.477. The first-order valence-corrected chi connectivity index (χ1v) is 11.3. The molecule has 3 heterocycles. The zero-order chi connectivity index (χ0) is 23.8. The molecule has 32 heavy (non-hydrogen) atoms. The highest BCUT2D eigenvalue weighted by Crippen LogP contribution is 2.34. The van der Waals surface area contributed by atoms with Crippen LogP contribution in [0.2, 0.25) is 15.5 Å². The van der Waals surface area contributed by atoms with Crippen LogP contribution in [-0.4, -0.2) is 33.3 Å². The second kappa shape index (κ2) is 9.02. The van der Waals surface area contributed by atoms with Crippen LogP contribution in [-0.2, 0) is 9.84 Å². The molecule has 0 radical (unpaired) electrons. The van der Waals surface area contributed by atoms with Gasteiger partial charge in [-0.1, -0.05) is 40.9 Å². The van der Waals surface area contributed by atoms with E-state index in [-0.39, 0.29) is 47.8 Å². The van der Waals surface area contributed by atoms with Gasteiger partial charge in [0.15, 0.2) is 15.5 Å². The summed E-state index contributed by atoms with van der Waals surface area (Å²) in [6, 6.07) is 4.66. The first-order valence-electron chi connectivity index (χ1n) is 8.69. The van der Waals surface area contributed by atoms with Gasteiger partial charge in [-0.05, 0) is 32.0 Å². The lowest BCUT2D eigenvalue weighted by atomic mass is 10.3.